The van der Waals surface area contributed by atoms with Crippen molar-refractivity contribution in [1.82, 2.24) is 0 Å². The van der Waals surface area contributed by atoms with Crippen LogP contribution in [0.2, 0.25) is 5.02 Å². The van der Waals surface area contributed by atoms with Crippen molar-refractivity contribution in [2.75, 3.05) is 19.8 Å². The molecule has 0 aromatic heterocycles. The first kappa shape index (κ1) is 17.8. The van der Waals surface area contributed by atoms with Gasteiger partial charge in [-0.3, -0.25) is 4.79 Å². The Hall–Kier alpha value is -1.60. The molecule has 4 rings (SSSR count). The lowest BCUT2D eigenvalue weighted by molar-refractivity contribution is -0.141. The first-order valence-corrected chi connectivity index (χ1v) is 9.16. The molecule has 1 N–H and O–H groups in total. The Morgan fingerprint density at radius 1 is 1.27 bits per heavy atom. The van der Waals surface area contributed by atoms with E-state index in [0.29, 0.717) is 36.8 Å². The standard InChI is InChI=1S/C19H21ClO6/c20-12-1-3-13(4-2-12)23-11-19(24-7-8-25-19)6-5-14-15-9-18(22)26-17(15)10-16(14)21/h1-6,14-17,21H,7-11H2/b6-5+/t14-,15-,16-,17+/m1/s1. The average Bonchev–Trinajstić information content (AvgIpc) is 3.28. The van der Waals surface area contributed by atoms with Gasteiger partial charge in [-0.05, 0) is 30.3 Å². The van der Waals surface area contributed by atoms with Gasteiger partial charge in [0, 0.05) is 23.3 Å². The summed E-state index contributed by atoms with van der Waals surface area (Å²) in [5.74, 6) is -0.687. The van der Waals surface area contributed by atoms with Crippen molar-refractivity contribution in [3.8, 4) is 5.75 Å². The Morgan fingerprint density at radius 3 is 2.73 bits per heavy atom. The number of carbonyl (C=O) groups is 1. The number of rotatable bonds is 5. The van der Waals surface area contributed by atoms with Crippen LogP contribution < -0.4 is 4.74 Å². The summed E-state index contributed by atoms with van der Waals surface area (Å²) in [6.07, 6.45) is 3.76. The number of fused-ring (bicyclic) bond motifs is 1. The number of carbonyl (C=O) groups excluding carboxylic acids is 1. The predicted octanol–water partition coefficient (Wildman–Crippen LogP) is 2.33. The van der Waals surface area contributed by atoms with Gasteiger partial charge in [0.05, 0.1) is 25.7 Å². The van der Waals surface area contributed by atoms with E-state index in [1.807, 2.05) is 6.08 Å². The molecular weight excluding hydrogens is 360 g/mol. The quantitative estimate of drug-likeness (QED) is 0.624. The van der Waals surface area contributed by atoms with Gasteiger partial charge in [-0.15, -0.1) is 0 Å². The van der Waals surface area contributed by atoms with E-state index in [1.165, 1.54) is 0 Å². The molecule has 3 aliphatic rings. The molecule has 0 bridgehead atoms. The van der Waals surface area contributed by atoms with Crippen LogP contribution in [0, 0.1) is 11.8 Å². The molecule has 1 aromatic rings. The summed E-state index contributed by atoms with van der Waals surface area (Å²) in [6.45, 7) is 1.11. The Kier molecular flexibility index (Phi) is 4.92. The summed E-state index contributed by atoms with van der Waals surface area (Å²) in [7, 11) is 0. The fourth-order valence-corrected chi connectivity index (χ4v) is 3.98. The Bertz CT molecular complexity index is 682. The number of benzene rings is 1. The van der Waals surface area contributed by atoms with E-state index in [0.717, 1.165) is 0 Å². The molecule has 0 unspecified atom stereocenters. The lowest BCUT2D eigenvalue weighted by Gasteiger charge is -2.25. The number of aliphatic hydroxyl groups is 1. The van der Waals surface area contributed by atoms with Gasteiger partial charge in [-0.25, -0.2) is 0 Å². The van der Waals surface area contributed by atoms with Crippen molar-refractivity contribution in [2.45, 2.75) is 30.8 Å². The summed E-state index contributed by atoms with van der Waals surface area (Å²) in [5.41, 5.74) is 0. The van der Waals surface area contributed by atoms with E-state index in [9.17, 15) is 9.90 Å². The van der Waals surface area contributed by atoms with Crippen LogP contribution in [-0.2, 0) is 19.0 Å². The molecule has 6 nitrogen and oxygen atoms in total. The fourth-order valence-electron chi connectivity index (χ4n) is 3.86. The van der Waals surface area contributed by atoms with E-state index in [4.69, 9.17) is 30.5 Å². The summed E-state index contributed by atoms with van der Waals surface area (Å²) in [6, 6.07) is 7.06. The van der Waals surface area contributed by atoms with E-state index < -0.39 is 11.9 Å². The van der Waals surface area contributed by atoms with Crippen LogP contribution in [0.15, 0.2) is 36.4 Å². The van der Waals surface area contributed by atoms with Gasteiger partial charge in [-0.2, -0.15) is 0 Å². The third-order valence-corrected chi connectivity index (χ3v) is 5.43. The molecule has 2 aliphatic heterocycles. The molecule has 0 radical (unpaired) electrons. The van der Waals surface area contributed by atoms with Crippen molar-refractivity contribution in [3.63, 3.8) is 0 Å². The molecule has 1 saturated carbocycles. The lowest BCUT2D eigenvalue weighted by Crippen LogP contribution is -2.35. The van der Waals surface area contributed by atoms with Gasteiger partial charge in [0.25, 0.3) is 0 Å². The number of aliphatic hydroxyl groups excluding tert-OH is 1. The highest BCUT2D eigenvalue weighted by molar-refractivity contribution is 6.30. The van der Waals surface area contributed by atoms with Crippen LogP contribution in [0.1, 0.15) is 12.8 Å². The minimum absolute atomic E-state index is 0.00406. The van der Waals surface area contributed by atoms with E-state index in [2.05, 4.69) is 0 Å². The summed E-state index contributed by atoms with van der Waals surface area (Å²) in [4.78, 5) is 11.5. The van der Waals surface area contributed by atoms with Crippen molar-refractivity contribution < 1.29 is 28.8 Å². The topological polar surface area (TPSA) is 74.2 Å². The second-order valence-electron chi connectivity index (χ2n) is 6.89. The fraction of sp³-hybridized carbons (Fsp3) is 0.526. The Balaban J connectivity index is 1.45. The van der Waals surface area contributed by atoms with Crippen LogP contribution in [0.4, 0.5) is 0 Å². The number of hydrogen-bond acceptors (Lipinski definition) is 6. The van der Waals surface area contributed by atoms with Crippen molar-refractivity contribution in [1.29, 1.82) is 0 Å². The Morgan fingerprint density at radius 2 is 2.00 bits per heavy atom. The second-order valence-corrected chi connectivity index (χ2v) is 7.32. The highest BCUT2D eigenvalue weighted by atomic mass is 35.5. The molecule has 0 amide bonds. The minimum atomic E-state index is -0.999. The SMILES string of the molecule is O=C1C[C@@H]2[C@@H](/C=C/C3(COc4ccc(Cl)cc4)OCCO3)[C@H](O)C[C@@H]2O1. The summed E-state index contributed by atoms with van der Waals surface area (Å²) < 4.78 is 22.6. The van der Waals surface area contributed by atoms with Crippen molar-refractivity contribution in [2.24, 2.45) is 11.8 Å². The van der Waals surface area contributed by atoms with Gasteiger partial charge in [0.2, 0.25) is 5.79 Å². The molecule has 4 atom stereocenters. The summed E-state index contributed by atoms with van der Waals surface area (Å²) in [5, 5.41) is 10.9. The zero-order valence-corrected chi connectivity index (χ0v) is 14.9. The lowest BCUT2D eigenvalue weighted by atomic mass is 9.91. The molecule has 2 saturated heterocycles. The summed E-state index contributed by atoms with van der Waals surface area (Å²) >= 11 is 5.88. The largest absolute Gasteiger partial charge is 0.488 e. The molecule has 1 aliphatic carbocycles. The van der Waals surface area contributed by atoms with Crippen LogP contribution >= 0.6 is 11.6 Å². The molecule has 140 valence electrons. The van der Waals surface area contributed by atoms with Gasteiger partial charge < -0.3 is 24.1 Å². The number of hydrogen-bond donors (Lipinski definition) is 1. The van der Waals surface area contributed by atoms with Gasteiger partial charge in [0.15, 0.2) is 0 Å². The third-order valence-electron chi connectivity index (χ3n) is 5.18. The zero-order valence-electron chi connectivity index (χ0n) is 14.2. The Labute approximate surface area is 156 Å². The molecule has 2 heterocycles. The minimum Gasteiger partial charge on any atom is -0.488 e. The zero-order chi connectivity index (χ0) is 18.1. The van der Waals surface area contributed by atoms with Crippen molar-refractivity contribution >= 4 is 17.6 Å². The van der Waals surface area contributed by atoms with Crippen LogP contribution in [0.5, 0.6) is 5.75 Å². The number of ether oxygens (including phenoxy) is 4. The van der Waals surface area contributed by atoms with Gasteiger partial charge >= 0.3 is 5.97 Å². The van der Waals surface area contributed by atoms with Crippen LogP contribution in [-0.4, -0.2) is 48.9 Å². The monoisotopic (exact) mass is 380 g/mol. The second kappa shape index (κ2) is 7.19. The smallest absolute Gasteiger partial charge is 0.306 e. The molecule has 3 fully saturated rings. The molecule has 0 spiro atoms. The molecule has 1 aromatic carbocycles. The third kappa shape index (κ3) is 3.60. The van der Waals surface area contributed by atoms with E-state index >= 15 is 0 Å². The van der Waals surface area contributed by atoms with Crippen molar-refractivity contribution in [3.05, 3.63) is 41.4 Å². The van der Waals surface area contributed by atoms with E-state index in [1.54, 1.807) is 30.3 Å². The highest BCUT2D eigenvalue weighted by Gasteiger charge is 2.49. The molecule has 26 heavy (non-hydrogen) atoms. The van der Waals surface area contributed by atoms with Crippen LogP contribution in [0.3, 0.4) is 0 Å². The maximum Gasteiger partial charge on any atom is 0.306 e. The normalized spacial score (nSPS) is 32.8. The average molecular weight is 381 g/mol. The number of esters is 1. The maximum absolute atomic E-state index is 11.5. The highest BCUT2D eigenvalue weighted by Crippen LogP contribution is 2.42. The van der Waals surface area contributed by atoms with Gasteiger partial charge in [-0.1, -0.05) is 17.7 Å². The molecular formula is C19H21ClO6. The first-order valence-electron chi connectivity index (χ1n) is 8.78. The number of halogens is 1. The van der Waals surface area contributed by atoms with E-state index in [-0.39, 0.29) is 30.5 Å². The van der Waals surface area contributed by atoms with Crippen LogP contribution in [0.25, 0.3) is 0 Å². The molecule has 7 heteroatoms. The maximum atomic E-state index is 11.5. The van der Waals surface area contributed by atoms with Gasteiger partial charge in [0.1, 0.15) is 18.5 Å². The first-order chi connectivity index (χ1) is 12.5. The predicted molar refractivity (Wildman–Crippen MR) is 92.8 cm³/mol.